The third-order valence-electron chi connectivity index (χ3n) is 2.42. The lowest BCUT2D eigenvalue weighted by molar-refractivity contribution is 0.857. The minimum absolute atomic E-state index is 0.775. The van der Waals surface area contributed by atoms with Crippen LogP contribution in [-0.2, 0) is 0 Å². The van der Waals surface area contributed by atoms with Crippen LogP contribution in [0.5, 0.6) is 0 Å². The van der Waals surface area contributed by atoms with Crippen molar-refractivity contribution in [2.45, 2.75) is 26.7 Å². The van der Waals surface area contributed by atoms with Crippen LogP contribution in [0, 0.1) is 13.8 Å². The topological polar surface area (TPSA) is 26.0 Å². The van der Waals surface area contributed by atoms with Crippen molar-refractivity contribution in [3.05, 3.63) is 41.0 Å². The van der Waals surface area contributed by atoms with Gasteiger partial charge in [-0.05, 0) is 49.9 Å². The third-order valence-corrected chi connectivity index (χ3v) is 2.42. The molecule has 0 spiro atoms. The monoisotopic (exact) mass is 189 g/mol. The molecule has 0 aliphatic rings. The maximum absolute atomic E-state index is 5.42. The van der Waals surface area contributed by atoms with Crippen molar-refractivity contribution in [2.24, 2.45) is 5.73 Å². The number of rotatable bonds is 4. The molecular formula is C13H19N. The van der Waals surface area contributed by atoms with Crippen LogP contribution in [0.2, 0.25) is 0 Å². The molecule has 0 unspecified atom stereocenters. The second kappa shape index (κ2) is 5.61. The summed E-state index contributed by atoms with van der Waals surface area (Å²) in [5.41, 5.74) is 9.40. The molecule has 0 saturated heterocycles. The number of unbranched alkanes of at least 4 members (excludes halogenated alkanes) is 1. The van der Waals surface area contributed by atoms with Crippen molar-refractivity contribution in [2.75, 3.05) is 6.54 Å². The minimum Gasteiger partial charge on any atom is -0.330 e. The van der Waals surface area contributed by atoms with E-state index in [-0.39, 0.29) is 0 Å². The maximum atomic E-state index is 5.42. The summed E-state index contributed by atoms with van der Waals surface area (Å²) >= 11 is 0. The van der Waals surface area contributed by atoms with E-state index in [9.17, 15) is 0 Å². The lowest BCUT2D eigenvalue weighted by Crippen LogP contribution is -1.96. The van der Waals surface area contributed by atoms with Gasteiger partial charge < -0.3 is 5.73 Å². The maximum Gasteiger partial charge on any atom is -0.00743 e. The number of nitrogens with two attached hydrogens (primary N) is 1. The highest BCUT2D eigenvalue weighted by atomic mass is 14.5. The fourth-order valence-electron chi connectivity index (χ4n) is 1.32. The Labute approximate surface area is 86.6 Å². The largest absolute Gasteiger partial charge is 0.330 e. The third kappa shape index (κ3) is 3.35. The molecule has 0 amide bonds. The van der Waals surface area contributed by atoms with Crippen molar-refractivity contribution in [1.29, 1.82) is 0 Å². The molecule has 0 aliphatic carbocycles. The van der Waals surface area contributed by atoms with Gasteiger partial charge in [0, 0.05) is 0 Å². The highest BCUT2D eigenvalue weighted by Gasteiger charge is 1.92. The summed E-state index contributed by atoms with van der Waals surface area (Å²) in [6.07, 6.45) is 6.50. The number of allylic oxidation sites excluding steroid dienone is 1. The highest BCUT2D eigenvalue weighted by molar-refractivity contribution is 5.51. The van der Waals surface area contributed by atoms with Crippen LogP contribution in [0.1, 0.15) is 29.5 Å². The molecule has 0 radical (unpaired) electrons. The van der Waals surface area contributed by atoms with Crippen LogP contribution in [0.25, 0.3) is 6.08 Å². The summed E-state index contributed by atoms with van der Waals surface area (Å²) in [4.78, 5) is 0. The Bertz CT molecular complexity index is 313. The molecule has 0 atom stereocenters. The lowest BCUT2D eigenvalue weighted by Gasteiger charge is -2.00. The molecule has 1 rings (SSSR count). The summed E-state index contributed by atoms with van der Waals surface area (Å²) in [7, 11) is 0. The van der Waals surface area contributed by atoms with Gasteiger partial charge in [-0.25, -0.2) is 0 Å². The first-order chi connectivity index (χ1) is 6.74. The molecule has 1 nitrogen and oxygen atoms in total. The lowest BCUT2D eigenvalue weighted by atomic mass is 10.1. The van der Waals surface area contributed by atoms with E-state index < -0.39 is 0 Å². The van der Waals surface area contributed by atoms with Gasteiger partial charge in [0.25, 0.3) is 0 Å². The van der Waals surface area contributed by atoms with Crippen LogP contribution in [0.4, 0.5) is 0 Å². The first kappa shape index (κ1) is 11.0. The number of hydrogen-bond donors (Lipinski definition) is 1. The standard InChI is InChI=1S/C13H19N/c1-11-7-8-13(10-12(11)2)6-4-3-5-9-14/h4,6-8,10H,3,5,9,14H2,1-2H3/b6-4+. The van der Waals surface area contributed by atoms with Gasteiger partial charge >= 0.3 is 0 Å². The smallest absolute Gasteiger partial charge is 0.00743 e. The molecule has 2 N–H and O–H groups in total. The van der Waals surface area contributed by atoms with Crippen LogP contribution < -0.4 is 5.73 Å². The zero-order valence-electron chi connectivity index (χ0n) is 9.09. The van der Waals surface area contributed by atoms with E-state index in [2.05, 4.69) is 44.2 Å². The summed E-state index contributed by atoms with van der Waals surface area (Å²) < 4.78 is 0. The van der Waals surface area contributed by atoms with E-state index in [1.807, 2.05) is 0 Å². The summed E-state index contributed by atoms with van der Waals surface area (Å²) in [5, 5.41) is 0. The Morgan fingerprint density at radius 3 is 2.64 bits per heavy atom. The van der Waals surface area contributed by atoms with Gasteiger partial charge in [0.05, 0.1) is 0 Å². The highest BCUT2D eigenvalue weighted by Crippen LogP contribution is 2.11. The Morgan fingerprint density at radius 2 is 2.00 bits per heavy atom. The summed E-state index contributed by atoms with van der Waals surface area (Å²) in [5.74, 6) is 0. The zero-order chi connectivity index (χ0) is 10.4. The second-order valence-corrected chi connectivity index (χ2v) is 3.68. The van der Waals surface area contributed by atoms with Gasteiger partial charge in [-0.3, -0.25) is 0 Å². The quantitative estimate of drug-likeness (QED) is 0.724. The SMILES string of the molecule is Cc1ccc(/C=C/CCCN)cc1C. The Balaban J connectivity index is 2.59. The molecule has 0 aliphatic heterocycles. The molecule has 1 aromatic carbocycles. The first-order valence-electron chi connectivity index (χ1n) is 5.18. The van der Waals surface area contributed by atoms with E-state index >= 15 is 0 Å². The molecular weight excluding hydrogens is 170 g/mol. The van der Waals surface area contributed by atoms with Gasteiger partial charge in [0.2, 0.25) is 0 Å². The van der Waals surface area contributed by atoms with E-state index in [1.54, 1.807) is 0 Å². The van der Waals surface area contributed by atoms with Gasteiger partial charge in [-0.15, -0.1) is 0 Å². The van der Waals surface area contributed by atoms with E-state index in [0.717, 1.165) is 19.4 Å². The van der Waals surface area contributed by atoms with Gasteiger partial charge in [0.15, 0.2) is 0 Å². The van der Waals surface area contributed by atoms with Gasteiger partial charge in [-0.2, -0.15) is 0 Å². The number of aryl methyl sites for hydroxylation is 2. The summed E-state index contributed by atoms with van der Waals surface area (Å²) in [6, 6.07) is 6.54. The zero-order valence-corrected chi connectivity index (χ0v) is 9.09. The molecule has 0 aromatic heterocycles. The van der Waals surface area contributed by atoms with Gasteiger partial charge in [0.1, 0.15) is 0 Å². The Hall–Kier alpha value is -1.08. The van der Waals surface area contributed by atoms with E-state index in [4.69, 9.17) is 5.73 Å². The van der Waals surface area contributed by atoms with Crippen molar-refractivity contribution in [3.63, 3.8) is 0 Å². The average molecular weight is 189 g/mol. The van der Waals surface area contributed by atoms with Crippen LogP contribution in [-0.4, -0.2) is 6.54 Å². The molecule has 76 valence electrons. The molecule has 1 heteroatoms. The van der Waals surface area contributed by atoms with Gasteiger partial charge in [-0.1, -0.05) is 30.4 Å². The van der Waals surface area contributed by atoms with E-state index in [0.29, 0.717) is 0 Å². The van der Waals surface area contributed by atoms with Crippen LogP contribution in [0.3, 0.4) is 0 Å². The summed E-state index contributed by atoms with van der Waals surface area (Å²) in [6.45, 7) is 5.06. The predicted molar refractivity (Wildman–Crippen MR) is 63.2 cm³/mol. The molecule has 14 heavy (non-hydrogen) atoms. The molecule has 0 saturated carbocycles. The van der Waals surface area contributed by atoms with Crippen molar-refractivity contribution in [3.8, 4) is 0 Å². The van der Waals surface area contributed by atoms with Crippen molar-refractivity contribution < 1.29 is 0 Å². The first-order valence-corrected chi connectivity index (χ1v) is 5.18. The fraction of sp³-hybridized carbons (Fsp3) is 0.385. The fourth-order valence-corrected chi connectivity index (χ4v) is 1.32. The molecule has 0 heterocycles. The number of hydrogen-bond acceptors (Lipinski definition) is 1. The molecule has 0 bridgehead atoms. The van der Waals surface area contributed by atoms with Crippen molar-refractivity contribution in [1.82, 2.24) is 0 Å². The van der Waals surface area contributed by atoms with Crippen molar-refractivity contribution >= 4 is 6.08 Å². The molecule has 1 aromatic rings. The normalized spacial score (nSPS) is 11.1. The van der Waals surface area contributed by atoms with Crippen LogP contribution >= 0.6 is 0 Å². The minimum atomic E-state index is 0.775. The van der Waals surface area contributed by atoms with E-state index in [1.165, 1.54) is 16.7 Å². The Kier molecular flexibility index (Phi) is 4.41. The predicted octanol–water partition coefficient (Wildman–Crippen LogP) is 3.06. The molecule has 0 fully saturated rings. The Morgan fingerprint density at radius 1 is 1.21 bits per heavy atom. The second-order valence-electron chi connectivity index (χ2n) is 3.68. The average Bonchev–Trinajstić information content (AvgIpc) is 2.18. The van der Waals surface area contributed by atoms with Crippen LogP contribution in [0.15, 0.2) is 24.3 Å². The number of benzene rings is 1.